The fraction of sp³-hybridized carbons (Fsp3) is 0.294. The van der Waals surface area contributed by atoms with Gasteiger partial charge in [0, 0.05) is 62.0 Å². The van der Waals surface area contributed by atoms with Crippen molar-refractivity contribution in [3.8, 4) is 0 Å². The van der Waals surface area contributed by atoms with Gasteiger partial charge in [-0.15, -0.1) is 0 Å². The molecule has 0 aliphatic carbocycles. The van der Waals surface area contributed by atoms with Crippen LogP contribution in [0.2, 0.25) is 0 Å². The molecule has 0 atom stereocenters. The highest BCUT2D eigenvalue weighted by Gasteiger charge is 2.23. The van der Waals surface area contributed by atoms with E-state index in [-0.39, 0.29) is 5.91 Å². The van der Waals surface area contributed by atoms with E-state index in [0.717, 1.165) is 35.4 Å². The number of imidazole rings is 1. The number of pyridine rings is 1. The monoisotopic (exact) mass is 400 g/mol. The summed E-state index contributed by atoms with van der Waals surface area (Å²) in [7, 11) is 0. The second-order valence-electron chi connectivity index (χ2n) is 6.00. The van der Waals surface area contributed by atoms with Gasteiger partial charge in [-0.3, -0.25) is 14.7 Å². The van der Waals surface area contributed by atoms with Gasteiger partial charge < -0.3 is 9.30 Å². The van der Waals surface area contributed by atoms with E-state index in [0.29, 0.717) is 18.8 Å². The number of halogens is 1. The Morgan fingerprint density at radius 1 is 1.12 bits per heavy atom. The van der Waals surface area contributed by atoms with E-state index in [2.05, 4.69) is 42.0 Å². The zero-order chi connectivity index (χ0) is 17.2. The van der Waals surface area contributed by atoms with Gasteiger partial charge in [0.1, 0.15) is 11.3 Å². The summed E-state index contributed by atoms with van der Waals surface area (Å²) in [5.74, 6) is -0.0506. The number of carbonyl (C=O) groups is 1. The predicted molar refractivity (Wildman–Crippen MR) is 96.1 cm³/mol. The molecule has 1 saturated heterocycles. The lowest BCUT2D eigenvalue weighted by Crippen LogP contribution is -2.48. The van der Waals surface area contributed by atoms with Crippen molar-refractivity contribution >= 4 is 27.5 Å². The predicted octanol–water partition coefficient (Wildman–Crippen LogP) is 1.84. The Hall–Kier alpha value is -2.32. The molecule has 0 unspecified atom stereocenters. The highest BCUT2D eigenvalue weighted by Crippen LogP contribution is 2.14. The summed E-state index contributed by atoms with van der Waals surface area (Å²) in [5, 5.41) is 0. The minimum Gasteiger partial charge on any atom is -0.335 e. The summed E-state index contributed by atoms with van der Waals surface area (Å²) < 4.78 is 3.05. The Kier molecular flexibility index (Phi) is 4.46. The van der Waals surface area contributed by atoms with E-state index in [1.54, 1.807) is 12.4 Å². The topological polar surface area (TPSA) is 66.6 Å². The van der Waals surface area contributed by atoms with E-state index >= 15 is 0 Å². The molecule has 0 spiro atoms. The first-order valence-electron chi connectivity index (χ1n) is 8.10. The van der Waals surface area contributed by atoms with Gasteiger partial charge in [0.15, 0.2) is 0 Å². The summed E-state index contributed by atoms with van der Waals surface area (Å²) in [6.45, 7) is 3.81. The van der Waals surface area contributed by atoms with Crippen molar-refractivity contribution in [1.29, 1.82) is 0 Å². The van der Waals surface area contributed by atoms with Crippen LogP contribution in [0, 0.1) is 0 Å². The van der Waals surface area contributed by atoms with Gasteiger partial charge in [-0.2, -0.15) is 0 Å². The third kappa shape index (κ3) is 3.54. The number of carbonyl (C=O) groups excluding carboxylic acids is 1. The van der Waals surface area contributed by atoms with Crippen molar-refractivity contribution in [2.24, 2.45) is 0 Å². The molecule has 25 heavy (non-hydrogen) atoms. The maximum absolute atomic E-state index is 12.4. The van der Waals surface area contributed by atoms with Crippen molar-refractivity contribution in [3.05, 3.63) is 59.0 Å². The van der Waals surface area contributed by atoms with Crippen LogP contribution in [-0.4, -0.2) is 61.2 Å². The van der Waals surface area contributed by atoms with Gasteiger partial charge in [-0.25, -0.2) is 9.97 Å². The quantitative estimate of drug-likeness (QED) is 0.670. The van der Waals surface area contributed by atoms with Crippen LogP contribution >= 0.6 is 15.9 Å². The smallest absolute Gasteiger partial charge is 0.274 e. The van der Waals surface area contributed by atoms with Gasteiger partial charge in [0.05, 0.1) is 11.9 Å². The van der Waals surface area contributed by atoms with E-state index in [4.69, 9.17) is 0 Å². The average molecular weight is 401 g/mol. The summed E-state index contributed by atoms with van der Waals surface area (Å²) in [4.78, 5) is 29.3. The van der Waals surface area contributed by atoms with E-state index in [1.165, 1.54) is 6.20 Å². The summed E-state index contributed by atoms with van der Waals surface area (Å²) in [5.41, 5.74) is 2.38. The fourth-order valence-corrected chi connectivity index (χ4v) is 3.36. The Morgan fingerprint density at radius 2 is 1.96 bits per heavy atom. The second kappa shape index (κ2) is 6.89. The molecule has 0 bridgehead atoms. The van der Waals surface area contributed by atoms with Crippen molar-refractivity contribution in [1.82, 2.24) is 29.2 Å². The summed E-state index contributed by atoms with van der Waals surface area (Å²) >= 11 is 3.47. The maximum Gasteiger partial charge on any atom is 0.274 e. The molecule has 0 saturated carbocycles. The highest BCUT2D eigenvalue weighted by molar-refractivity contribution is 9.10. The molecule has 0 N–H and O–H groups in total. The van der Waals surface area contributed by atoms with Crippen LogP contribution in [0.5, 0.6) is 0 Å². The molecule has 3 aromatic rings. The molecule has 8 heteroatoms. The van der Waals surface area contributed by atoms with Crippen LogP contribution < -0.4 is 0 Å². The largest absolute Gasteiger partial charge is 0.335 e. The third-order valence-electron chi connectivity index (χ3n) is 4.29. The molecular formula is C17H17BrN6O. The van der Waals surface area contributed by atoms with Crippen molar-refractivity contribution < 1.29 is 4.79 Å². The molecule has 4 heterocycles. The lowest BCUT2D eigenvalue weighted by Gasteiger charge is -2.34. The zero-order valence-electron chi connectivity index (χ0n) is 13.5. The number of amides is 1. The van der Waals surface area contributed by atoms with Gasteiger partial charge in [0.2, 0.25) is 0 Å². The molecule has 3 aromatic heterocycles. The lowest BCUT2D eigenvalue weighted by atomic mass is 10.2. The molecule has 4 rings (SSSR count). The molecule has 1 amide bonds. The van der Waals surface area contributed by atoms with Crippen LogP contribution in [0.4, 0.5) is 0 Å². The van der Waals surface area contributed by atoms with Crippen molar-refractivity contribution in [3.63, 3.8) is 0 Å². The number of hydrogen-bond acceptors (Lipinski definition) is 5. The number of piperazine rings is 1. The number of aromatic nitrogens is 4. The first kappa shape index (κ1) is 16.2. The van der Waals surface area contributed by atoms with Crippen LogP contribution in [0.1, 0.15) is 16.2 Å². The van der Waals surface area contributed by atoms with Crippen molar-refractivity contribution in [2.45, 2.75) is 6.54 Å². The van der Waals surface area contributed by atoms with E-state index in [1.807, 2.05) is 27.6 Å². The Balaban J connectivity index is 1.37. The number of hydrogen-bond donors (Lipinski definition) is 0. The Labute approximate surface area is 153 Å². The van der Waals surface area contributed by atoms with Crippen molar-refractivity contribution in [2.75, 3.05) is 26.2 Å². The van der Waals surface area contributed by atoms with Gasteiger partial charge in [-0.1, -0.05) is 0 Å². The number of rotatable bonds is 3. The van der Waals surface area contributed by atoms with Gasteiger partial charge in [-0.05, 0) is 28.1 Å². The van der Waals surface area contributed by atoms with Crippen LogP contribution in [-0.2, 0) is 6.54 Å². The number of fused-ring (bicyclic) bond motifs is 1. The highest BCUT2D eigenvalue weighted by atomic mass is 79.9. The van der Waals surface area contributed by atoms with E-state index < -0.39 is 0 Å². The first-order valence-corrected chi connectivity index (χ1v) is 8.89. The molecular weight excluding hydrogens is 384 g/mol. The molecule has 1 fully saturated rings. The fourth-order valence-electron chi connectivity index (χ4n) is 3.00. The minimum atomic E-state index is -0.0506. The first-order chi connectivity index (χ1) is 12.2. The lowest BCUT2D eigenvalue weighted by molar-refractivity contribution is 0.0621. The van der Waals surface area contributed by atoms with E-state index in [9.17, 15) is 4.79 Å². The SMILES string of the molecule is O=C(c1cnccn1)N1CCN(Cc2cn3cc(Br)ccc3n2)CC1. The minimum absolute atomic E-state index is 0.0506. The van der Waals surface area contributed by atoms with Gasteiger partial charge in [0.25, 0.3) is 5.91 Å². The van der Waals surface area contributed by atoms with Crippen LogP contribution in [0.3, 0.4) is 0 Å². The molecule has 1 aliphatic heterocycles. The molecule has 7 nitrogen and oxygen atoms in total. The molecule has 0 aromatic carbocycles. The summed E-state index contributed by atoms with van der Waals surface area (Å²) in [6, 6.07) is 3.98. The third-order valence-corrected chi connectivity index (χ3v) is 4.76. The van der Waals surface area contributed by atoms with Gasteiger partial charge >= 0.3 is 0 Å². The van der Waals surface area contributed by atoms with Crippen LogP contribution in [0.15, 0.2) is 47.6 Å². The maximum atomic E-state index is 12.4. The Bertz CT molecular complexity index is 889. The second-order valence-corrected chi connectivity index (χ2v) is 6.92. The zero-order valence-corrected chi connectivity index (χ0v) is 15.1. The standard InChI is InChI=1S/C17H17BrN6O/c18-13-1-2-16-21-14(12-24(16)10-13)11-22-5-7-23(8-6-22)17(25)15-9-19-3-4-20-15/h1-4,9-10,12H,5-8,11H2. The number of nitrogens with zero attached hydrogens (tertiary/aromatic N) is 6. The van der Waals surface area contributed by atoms with Crippen LogP contribution in [0.25, 0.3) is 5.65 Å². The molecule has 128 valence electrons. The molecule has 0 radical (unpaired) electrons. The average Bonchev–Trinajstić information content (AvgIpc) is 3.04. The molecule has 1 aliphatic rings. The Morgan fingerprint density at radius 3 is 2.72 bits per heavy atom. The summed E-state index contributed by atoms with van der Waals surface area (Å²) in [6.07, 6.45) is 8.69. The normalized spacial score (nSPS) is 15.6.